The van der Waals surface area contributed by atoms with Crippen molar-refractivity contribution in [3.05, 3.63) is 84.2 Å². The van der Waals surface area contributed by atoms with Crippen molar-refractivity contribution >= 4 is 39.9 Å². The predicted octanol–water partition coefficient (Wildman–Crippen LogP) is 4.97. The minimum Gasteiger partial charge on any atom is -0.378 e. The van der Waals surface area contributed by atoms with E-state index >= 15 is 0 Å². The molecule has 2 aromatic carbocycles. The largest absolute Gasteiger partial charge is 0.378 e. The molecule has 0 aliphatic carbocycles. The molecule has 0 spiro atoms. The molecule has 11 nitrogen and oxygen atoms in total. The Balaban J connectivity index is 1.28. The van der Waals surface area contributed by atoms with Gasteiger partial charge in [-0.2, -0.15) is 19.6 Å². The van der Waals surface area contributed by atoms with Gasteiger partial charge in [0.2, 0.25) is 17.8 Å². The topological polar surface area (TPSA) is 113 Å². The van der Waals surface area contributed by atoms with Gasteiger partial charge in [-0.3, -0.25) is 9.78 Å². The summed E-state index contributed by atoms with van der Waals surface area (Å²) >= 11 is 0. The number of nitrogens with one attached hydrogen (secondary N) is 2. The monoisotopic (exact) mass is 605 g/mol. The number of carbonyl (C=O) groups is 1. The average molecular weight is 606 g/mol. The van der Waals surface area contributed by atoms with E-state index in [0.717, 1.165) is 57.6 Å². The maximum atomic E-state index is 12.4. The number of anilines is 3. The molecule has 45 heavy (non-hydrogen) atoms. The van der Waals surface area contributed by atoms with Crippen LogP contribution in [-0.2, 0) is 16.1 Å². The number of pyridine rings is 1. The number of benzene rings is 2. The van der Waals surface area contributed by atoms with Crippen molar-refractivity contribution < 1.29 is 9.53 Å². The summed E-state index contributed by atoms with van der Waals surface area (Å²) in [5.41, 5.74) is 5.58. The Kier molecular flexibility index (Phi) is 8.99. The first-order chi connectivity index (χ1) is 21.9. The first-order valence-corrected chi connectivity index (χ1v) is 15.3. The van der Waals surface area contributed by atoms with Gasteiger partial charge in [-0.15, -0.1) is 0 Å². The third-order valence-electron chi connectivity index (χ3n) is 7.78. The van der Waals surface area contributed by atoms with Crippen molar-refractivity contribution in [1.82, 2.24) is 29.5 Å². The molecule has 11 heteroatoms. The Morgan fingerprint density at radius 3 is 2.71 bits per heavy atom. The van der Waals surface area contributed by atoms with Gasteiger partial charge < -0.3 is 25.2 Å². The molecule has 5 aromatic rings. The van der Waals surface area contributed by atoms with E-state index in [1.165, 1.54) is 0 Å². The number of morpholine rings is 1. The zero-order valence-electron chi connectivity index (χ0n) is 26.2. The molecule has 0 atom stereocenters. The molecule has 0 radical (unpaired) electrons. The lowest BCUT2D eigenvalue weighted by molar-refractivity contribution is -0.111. The quantitative estimate of drug-likeness (QED) is 0.213. The maximum absolute atomic E-state index is 12.4. The Bertz CT molecular complexity index is 1840. The van der Waals surface area contributed by atoms with E-state index < -0.39 is 0 Å². The smallest absolute Gasteiger partial charge is 0.248 e. The SMILES string of the molecule is CC(C)c1cnn2c(NCc3ccccc3-c3nccc4cc(NC(=O)/C=C/CN(C)C)ccc34)nc(N3CCOCC3)nc12. The summed E-state index contributed by atoms with van der Waals surface area (Å²) in [7, 11) is 3.93. The number of hydrogen-bond donors (Lipinski definition) is 2. The number of hydrogen-bond acceptors (Lipinski definition) is 9. The van der Waals surface area contributed by atoms with E-state index in [1.54, 1.807) is 10.6 Å². The van der Waals surface area contributed by atoms with Crippen LogP contribution in [0, 0.1) is 0 Å². The molecule has 0 bridgehead atoms. The molecule has 1 saturated heterocycles. The van der Waals surface area contributed by atoms with Crippen molar-refractivity contribution in [2.45, 2.75) is 26.3 Å². The summed E-state index contributed by atoms with van der Waals surface area (Å²) in [5.74, 6) is 1.43. The standard InChI is InChI=1S/C34H39N9O2/c1-23(2)29-22-37-43-32(29)39-34(42-16-18-45-19-17-42)40-33(43)36-21-25-8-5-6-9-27(25)31-28-12-11-26(20-24(28)13-14-35-31)38-30(44)10-7-15-41(3)4/h5-14,20,22-23H,15-19,21H2,1-4H3,(H,38,44)(H,36,39,40)/b10-7+. The molecule has 0 saturated carbocycles. The van der Waals surface area contributed by atoms with Crippen molar-refractivity contribution in [2.75, 3.05) is 62.5 Å². The number of rotatable bonds is 10. The summed E-state index contributed by atoms with van der Waals surface area (Å²) in [6, 6.07) is 16.1. The van der Waals surface area contributed by atoms with E-state index in [2.05, 4.69) is 46.6 Å². The number of likely N-dealkylation sites (N-methyl/N-ethyl adjacent to an activating group) is 1. The lowest BCUT2D eigenvalue weighted by Crippen LogP contribution is -2.37. The summed E-state index contributed by atoms with van der Waals surface area (Å²) in [4.78, 5) is 31.2. The number of ether oxygens (including phenoxy) is 1. The van der Waals surface area contributed by atoms with Crippen molar-refractivity contribution in [3.8, 4) is 11.3 Å². The van der Waals surface area contributed by atoms with Gasteiger partial charge in [-0.25, -0.2) is 0 Å². The predicted molar refractivity (Wildman–Crippen MR) is 179 cm³/mol. The molecular formula is C34H39N9O2. The van der Waals surface area contributed by atoms with Gasteiger partial charge >= 0.3 is 0 Å². The van der Waals surface area contributed by atoms with Gasteiger partial charge in [0.15, 0.2) is 5.65 Å². The van der Waals surface area contributed by atoms with Crippen LogP contribution in [0.15, 0.2) is 73.1 Å². The number of amides is 1. The summed E-state index contributed by atoms with van der Waals surface area (Å²) < 4.78 is 7.36. The molecule has 3 aromatic heterocycles. The summed E-state index contributed by atoms with van der Waals surface area (Å²) in [5, 5.41) is 13.2. The van der Waals surface area contributed by atoms with Crippen molar-refractivity contribution in [1.29, 1.82) is 0 Å². The van der Waals surface area contributed by atoms with E-state index in [9.17, 15) is 4.79 Å². The molecule has 0 unspecified atom stereocenters. The second-order valence-corrected chi connectivity index (χ2v) is 11.7. The van der Waals surface area contributed by atoms with Crippen LogP contribution >= 0.6 is 0 Å². The highest BCUT2D eigenvalue weighted by atomic mass is 16.5. The summed E-state index contributed by atoms with van der Waals surface area (Å²) in [6.45, 7) is 8.30. The maximum Gasteiger partial charge on any atom is 0.248 e. The van der Waals surface area contributed by atoms with Gasteiger partial charge in [0.1, 0.15) is 0 Å². The molecule has 2 N–H and O–H groups in total. The van der Waals surface area contributed by atoms with Crippen LogP contribution in [0.4, 0.5) is 17.6 Å². The molecular weight excluding hydrogens is 566 g/mol. The van der Waals surface area contributed by atoms with Crippen molar-refractivity contribution in [2.24, 2.45) is 0 Å². The van der Waals surface area contributed by atoms with Gasteiger partial charge in [-0.1, -0.05) is 50.3 Å². The first kappa shape index (κ1) is 30.2. The minimum atomic E-state index is -0.157. The fourth-order valence-corrected chi connectivity index (χ4v) is 5.41. The summed E-state index contributed by atoms with van der Waals surface area (Å²) in [6.07, 6.45) is 7.10. The highest BCUT2D eigenvalue weighted by Gasteiger charge is 2.20. The number of carbonyl (C=O) groups excluding carboxylic acids is 1. The van der Waals surface area contributed by atoms with E-state index in [0.29, 0.717) is 38.2 Å². The lowest BCUT2D eigenvalue weighted by atomic mass is 9.99. The van der Waals surface area contributed by atoms with Gasteiger partial charge in [0.25, 0.3) is 0 Å². The van der Waals surface area contributed by atoms with Crippen LogP contribution in [0.25, 0.3) is 27.7 Å². The molecule has 1 fully saturated rings. The van der Waals surface area contributed by atoms with Gasteiger partial charge in [0, 0.05) is 60.7 Å². The van der Waals surface area contributed by atoms with Crippen LogP contribution in [-0.4, -0.2) is 82.3 Å². The second kappa shape index (κ2) is 13.4. The minimum absolute atomic E-state index is 0.157. The van der Waals surface area contributed by atoms with E-state index in [4.69, 9.17) is 19.7 Å². The van der Waals surface area contributed by atoms with Crippen molar-refractivity contribution in [3.63, 3.8) is 0 Å². The van der Waals surface area contributed by atoms with Crippen LogP contribution in [0.2, 0.25) is 0 Å². The van der Waals surface area contributed by atoms with Crippen LogP contribution in [0.3, 0.4) is 0 Å². The van der Waals surface area contributed by atoms with E-state index in [1.807, 2.05) is 73.9 Å². The van der Waals surface area contributed by atoms with Gasteiger partial charge in [0.05, 0.1) is 25.1 Å². The molecule has 232 valence electrons. The third-order valence-corrected chi connectivity index (χ3v) is 7.78. The average Bonchev–Trinajstić information content (AvgIpc) is 3.48. The molecule has 1 amide bonds. The second-order valence-electron chi connectivity index (χ2n) is 11.7. The Morgan fingerprint density at radius 2 is 1.91 bits per heavy atom. The highest BCUT2D eigenvalue weighted by Crippen LogP contribution is 2.31. The lowest BCUT2D eigenvalue weighted by Gasteiger charge is -2.27. The molecule has 1 aliphatic rings. The van der Waals surface area contributed by atoms with Crippen LogP contribution in [0.5, 0.6) is 0 Å². The molecule has 6 rings (SSSR count). The Hall–Kier alpha value is -4.87. The van der Waals surface area contributed by atoms with Crippen LogP contribution in [0.1, 0.15) is 30.9 Å². The normalized spacial score (nSPS) is 13.9. The Morgan fingerprint density at radius 1 is 1.09 bits per heavy atom. The fourth-order valence-electron chi connectivity index (χ4n) is 5.41. The third kappa shape index (κ3) is 6.79. The zero-order chi connectivity index (χ0) is 31.3. The number of aromatic nitrogens is 5. The molecule has 4 heterocycles. The van der Waals surface area contributed by atoms with Gasteiger partial charge in [-0.05, 0) is 49.2 Å². The molecule has 1 aliphatic heterocycles. The Labute approximate surface area is 263 Å². The number of fused-ring (bicyclic) bond motifs is 2. The zero-order valence-corrected chi connectivity index (χ0v) is 26.2. The van der Waals surface area contributed by atoms with Crippen LogP contribution < -0.4 is 15.5 Å². The highest BCUT2D eigenvalue weighted by molar-refractivity contribution is 6.02. The number of nitrogens with zero attached hydrogens (tertiary/aromatic N) is 7. The first-order valence-electron chi connectivity index (χ1n) is 15.3. The fraction of sp³-hybridized carbons (Fsp3) is 0.324. The van der Waals surface area contributed by atoms with E-state index in [-0.39, 0.29) is 11.8 Å².